The normalized spacial score (nSPS) is 24.9. The lowest BCUT2D eigenvalue weighted by molar-refractivity contribution is -0.144. The molecule has 0 unspecified atom stereocenters. The van der Waals surface area contributed by atoms with Gasteiger partial charge in [0.25, 0.3) is 5.91 Å². The summed E-state index contributed by atoms with van der Waals surface area (Å²) in [5.74, 6) is -9.73. The lowest BCUT2D eigenvalue weighted by Crippen LogP contribution is -2.57. The number of nitrogens with two attached hydrogens (primary N) is 1. The summed E-state index contributed by atoms with van der Waals surface area (Å²) >= 11 is 0. The van der Waals surface area contributed by atoms with Crippen LogP contribution in [-0.2, 0) is 27.3 Å². The van der Waals surface area contributed by atoms with Gasteiger partial charge in [-0.3, -0.25) is 23.9 Å². The van der Waals surface area contributed by atoms with Crippen molar-refractivity contribution in [3.63, 3.8) is 0 Å². The molecule has 0 bridgehead atoms. The van der Waals surface area contributed by atoms with Gasteiger partial charge in [0.2, 0.25) is 11.7 Å². The standard InChI is InChI=1S/C24H21FN4O8/c25-12-7-13(28-15(31)8-29-3-1-2-27-29)19(32)17-11(12)5-9-4-10-6-14(30)18(23(26)36)22(35)24(10,37)21(34)16(9)20(17)33/h1-3,7,9-10,30,32,34,37H,4-6,8H2,(H2,26,36)(H,28,31)/t9-,10+,24+/m1/s1. The van der Waals surface area contributed by atoms with E-state index in [4.69, 9.17) is 5.73 Å². The average Bonchev–Trinajstić information content (AvgIpc) is 3.32. The van der Waals surface area contributed by atoms with E-state index in [1.54, 1.807) is 6.07 Å². The van der Waals surface area contributed by atoms with Crippen molar-refractivity contribution < 1.29 is 44.0 Å². The highest BCUT2D eigenvalue weighted by atomic mass is 19.1. The zero-order valence-electron chi connectivity index (χ0n) is 19.1. The lowest BCUT2D eigenvalue weighted by Gasteiger charge is -2.45. The van der Waals surface area contributed by atoms with Gasteiger partial charge >= 0.3 is 0 Å². The number of hydrogen-bond donors (Lipinski definition) is 6. The van der Waals surface area contributed by atoms with Gasteiger partial charge in [0.1, 0.15) is 29.5 Å². The second-order valence-electron chi connectivity index (χ2n) is 9.27. The Balaban J connectivity index is 1.56. The molecule has 0 saturated carbocycles. The average molecular weight is 512 g/mol. The first-order chi connectivity index (χ1) is 17.4. The first kappa shape index (κ1) is 24.2. The molecule has 2 amide bonds. The Hall–Kier alpha value is -4.52. The summed E-state index contributed by atoms with van der Waals surface area (Å²) in [6, 6.07) is 2.45. The molecule has 0 spiro atoms. The van der Waals surface area contributed by atoms with Crippen LogP contribution in [0, 0.1) is 17.7 Å². The van der Waals surface area contributed by atoms with Crippen LogP contribution in [0.4, 0.5) is 10.1 Å². The number of Topliss-reactive ketones (excluding diaryl/α,β-unsaturated/α-hetero) is 2. The molecule has 2 aromatic rings. The molecule has 13 heteroatoms. The van der Waals surface area contributed by atoms with E-state index in [1.807, 2.05) is 0 Å². The molecule has 3 atom stereocenters. The molecule has 0 fully saturated rings. The fourth-order valence-electron chi connectivity index (χ4n) is 5.47. The third-order valence-corrected chi connectivity index (χ3v) is 7.15. The van der Waals surface area contributed by atoms with Crippen LogP contribution in [0.3, 0.4) is 0 Å². The maximum atomic E-state index is 15.1. The van der Waals surface area contributed by atoms with Crippen molar-refractivity contribution in [2.75, 3.05) is 5.32 Å². The van der Waals surface area contributed by atoms with Crippen LogP contribution in [0.15, 0.2) is 47.2 Å². The second kappa shape index (κ2) is 8.27. The van der Waals surface area contributed by atoms with Gasteiger partial charge in [0, 0.05) is 41.9 Å². The van der Waals surface area contributed by atoms with E-state index in [-0.39, 0.29) is 31.4 Å². The number of benzene rings is 1. The second-order valence-corrected chi connectivity index (χ2v) is 9.27. The molecule has 0 saturated heterocycles. The molecule has 3 aliphatic rings. The van der Waals surface area contributed by atoms with E-state index in [0.717, 1.165) is 6.07 Å². The quantitative estimate of drug-likeness (QED) is 0.250. The van der Waals surface area contributed by atoms with Crippen molar-refractivity contribution in [2.24, 2.45) is 17.6 Å². The Morgan fingerprint density at radius 1 is 1.24 bits per heavy atom. The van der Waals surface area contributed by atoms with E-state index in [2.05, 4.69) is 10.4 Å². The van der Waals surface area contributed by atoms with Gasteiger partial charge < -0.3 is 31.5 Å². The topological polar surface area (TPSA) is 205 Å². The van der Waals surface area contributed by atoms with E-state index in [9.17, 15) is 39.6 Å². The fourth-order valence-corrected chi connectivity index (χ4v) is 5.47. The number of primary amides is 1. The van der Waals surface area contributed by atoms with Crippen LogP contribution in [0.5, 0.6) is 5.75 Å². The predicted octanol–water partition coefficient (Wildman–Crippen LogP) is 0.555. The zero-order valence-corrected chi connectivity index (χ0v) is 19.1. The third kappa shape index (κ3) is 3.49. The number of aliphatic hydroxyl groups is 3. The monoisotopic (exact) mass is 512 g/mol. The largest absolute Gasteiger partial charge is 0.511 e. The van der Waals surface area contributed by atoms with E-state index in [1.165, 1.54) is 17.1 Å². The van der Waals surface area contributed by atoms with E-state index >= 15 is 4.39 Å². The molecule has 7 N–H and O–H groups in total. The number of halogens is 1. The minimum Gasteiger partial charge on any atom is -0.511 e. The van der Waals surface area contributed by atoms with E-state index < -0.39 is 86.3 Å². The molecule has 0 radical (unpaired) electrons. The summed E-state index contributed by atoms with van der Waals surface area (Å²) < 4.78 is 16.4. The Morgan fingerprint density at radius 3 is 2.62 bits per heavy atom. The fraction of sp³-hybridized carbons (Fsp3) is 0.292. The highest BCUT2D eigenvalue weighted by Crippen LogP contribution is 2.52. The Kier molecular flexibility index (Phi) is 5.40. The lowest BCUT2D eigenvalue weighted by atomic mass is 9.60. The number of hydrogen-bond acceptors (Lipinski definition) is 9. The summed E-state index contributed by atoms with van der Waals surface area (Å²) in [6.45, 7) is -0.258. The number of phenols is 1. The van der Waals surface area contributed by atoms with E-state index in [0.29, 0.717) is 0 Å². The highest BCUT2D eigenvalue weighted by Gasteiger charge is 2.59. The van der Waals surface area contributed by atoms with Crippen LogP contribution < -0.4 is 11.1 Å². The van der Waals surface area contributed by atoms with Crippen LogP contribution in [-0.4, -0.2) is 59.2 Å². The number of aromatic hydroxyl groups is 1. The Morgan fingerprint density at radius 2 is 1.97 bits per heavy atom. The molecule has 3 aliphatic carbocycles. The van der Waals surface area contributed by atoms with Gasteiger partial charge in [0.15, 0.2) is 17.1 Å². The number of nitrogens with one attached hydrogen (secondary N) is 1. The first-order valence-electron chi connectivity index (χ1n) is 11.2. The van der Waals surface area contributed by atoms with Gasteiger partial charge in [-0.05, 0) is 24.8 Å². The number of ketones is 2. The number of carbonyl (C=O) groups excluding carboxylic acids is 4. The summed E-state index contributed by atoms with van der Waals surface area (Å²) in [7, 11) is 0. The molecular formula is C24H21FN4O8. The van der Waals surface area contributed by atoms with Gasteiger partial charge in [-0.1, -0.05) is 0 Å². The van der Waals surface area contributed by atoms with Gasteiger partial charge in [-0.15, -0.1) is 0 Å². The Bertz CT molecular complexity index is 1460. The molecule has 12 nitrogen and oxygen atoms in total. The maximum absolute atomic E-state index is 15.1. The van der Waals surface area contributed by atoms with Crippen molar-refractivity contribution >= 4 is 29.1 Å². The number of allylic oxidation sites excluding steroid dienone is 2. The summed E-state index contributed by atoms with van der Waals surface area (Å²) in [5.41, 5.74) is 0.0235. The number of aliphatic hydroxyl groups excluding tert-OH is 2. The summed E-state index contributed by atoms with van der Waals surface area (Å²) in [5, 5.41) is 49.4. The van der Waals surface area contributed by atoms with Crippen LogP contribution in [0.1, 0.15) is 28.8 Å². The van der Waals surface area contributed by atoms with Crippen LogP contribution in [0.25, 0.3) is 0 Å². The highest BCUT2D eigenvalue weighted by molar-refractivity contribution is 6.24. The number of phenolic OH excluding ortho intramolecular Hbond substituents is 1. The third-order valence-electron chi connectivity index (χ3n) is 7.15. The van der Waals surface area contributed by atoms with Crippen molar-refractivity contribution in [2.45, 2.75) is 31.4 Å². The summed E-state index contributed by atoms with van der Waals surface area (Å²) in [4.78, 5) is 50.5. The molecule has 0 aliphatic heterocycles. The maximum Gasteiger partial charge on any atom is 0.255 e. The zero-order chi connectivity index (χ0) is 26.8. The van der Waals surface area contributed by atoms with Crippen LogP contribution >= 0.6 is 0 Å². The number of rotatable bonds is 4. The molecule has 192 valence electrons. The Labute approximate surface area is 207 Å². The van der Waals surface area contributed by atoms with Crippen molar-refractivity contribution in [3.8, 4) is 5.75 Å². The number of nitrogens with zero attached hydrogens (tertiary/aromatic N) is 2. The summed E-state index contributed by atoms with van der Waals surface area (Å²) in [6.07, 6.45) is 2.27. The molecule has 1 aromatic heterocycles. The number of amides is 2. The van der Waals surface area contributed by atoms with Crippen molar-refractivity contribution in [3.05, 3.63) is 64.1 Å². The molecule has 37 heavy (non-hydrogen) atoms. The molecule has 5 rings (SSSR count). The van der Waals surface area contributed by atoms with Gasteiger partial charge in [0.05, 0.1) is 11.3 Å². The SMILES string of the molecule is NC(=O)C1=C(O)C[C@@H]2C[C@@H]3Cc4c(F)cc(NC(=O)Cn5cccn5)c(O)c4C(=O)C3=C(O)[C@]2(O)C1=O. The van der Waals surface area contributed by atoms with Gasteiger partial charge in [-0.2, -0.15) is 5.10 Å². The predicted molar refractivity (Wildman–Crippen MR) is 122 cm³/mol. The minimum atomic E-state index is -2.72. The van der Waals surface area contributed by atoms with Crippen molar-refractivity contribution in [1.82, 2.24) is 9.78 Å². The number of anilines is 1. The number of aromatic nitrogens is 2. The number of fused-ring (bicyclic) bond motifs is 3. The minimum absolute atomic E-state index is 0.120. The molecule has 1 heterocycles. The number of carbonyl (C=O) groups is 4. The van der Waals surface area contributed by atoms with Gasteiger partial charge in [-0.25, -0.2) is 4.39 Å². The smallest absolute Gasteiger partial charge is 0.255 e. The van der Waals surface area contributed by atoms with Crippen LogP contribution in [0.2, 0.25) is 0 Å². The first-order valence-corrected chi connectivity index (χ1v) is 11.2. The molecular weight excluding hydrogens is 491 g/mol. The molecule has 1 aromatic carbocycles. The van der Waals surface area contributed by atoms with Crippen molar-refractivity contribution in [1.29, 1.82) is 0 Å².